The number of hydrogen-bond acceptors (Lipinski definition) is 1. The summed E-state index contributed by atoms with van der Waals surface area (Å²) in [5, 5.41) is 3.67. The van der Waals surface area contributed by atoms with Gasteiger partial charge in [-0.25, -0.2) is 13.2 Å². The molecule has 21 heavy (non-hydrogen) atoms. The highest BCUT2D eigenvalue weighted by Gasteiger charge is 2.16. The van der Waals surface area contributed by atoms with E-state index in [1.54, 1.807) is 18.2 Å². The van der Waals surface area contributed by atoms with Crippen molar-refractivity contribution in [1.82, 2.24) is 5.32 Å². The number of nitrogens with one attached hydrogen (secondary N) is 1. The van der Waals surface area contributed by atoms with Gasteiger partial charge in [-0.2, -0.15) is 0 Å². The van der Waals surface area contributed by atoms with Gasteiger partial charge in [-0.1, -0.05) is 30.7 Å². The lowest BCUT2D eigenvalue weighted by molar-refractivity contribution is 0.449. The van der Waals surface area contributed by atoms with Gasteiger partial charge in [0.2, 0.25) is 0 Å². The van der Waals surface area contributed by atoms with Gasteiger partial charge in [-0.05, 0) is 42.8 Å². The second-order valence-electron chi connectivity index (χ2n) is 4.74. The zero-order valence-corrected chi connectivity index (χ0v) is 12.4. The number of benzene rings is 2. The van der Waals surface area contributed by atoms with Gasteiger partial charge in [0.1, 0.15) is 0 Å². The Balaban J connectivity index is 2.43. The summed E-state index contributed by atoms with van der Waals surface area (Å²) >= 11 is 6.20. The summed E-state index contributed by atoms with van der Waals surface area (Å²) in [7, 11) is 0. The fourth-order valence-electron chi connectivity index (χ4n) is 2.21. The van der Waals surface area contributed by atoms with Gasteiger partial charge in [0, 0.05) is 16.6 Å². The zero-order chi connectivity index (χ0) is 15.6. The molecule has 1 unspecified atom stereocenters. The Labute approximate surface area is 126 Å². The summed E-state index contributed by atoms with van der Waals surface area (Å²) in [6, 6.07) is 7.10. The summed E-state index contributed by atoms with van der Waals surface area (Å²) in [5.74, 6) is -3.90. The van der Waals surface area contributed by atoms with E-state index in [-0.39, 0.29) is 11.6 Å². The highest BCUT2D eigenvalue weighted by molar-refractivity contribution is 6.31. The zero-order valence-electron chi connectivity index (χ0n) is 11.7. The van der Waals surface area contributed by atoms with Crippen LogP contribution in [0, 0.1) is 17.5 Å². The Bertz CT molecular complexity index is 658. The molecule has 0 amide bonds. The monoisotopic (exact) mass is 313 g/mol. The average molecular weight is 314 g/mol. The standard InChI is InChI=1S/C16H15ClF3N/c1-3-21-9(2)11-5-4-10(8-13(11)17)12-6-7-14(18)16(20)15(12)19/h4-9,21H,3H2,1-2H3. The molecule has 1 N–H and O–H groups in total. The predicted octanol–water partition coefficient (Wildman–Crippen LogP) is 5.09. The van der Waals surface area contributed by atoms with E-state index < -0.39 is 17.5 Å². The lowest BCUT2D eigenvalue weighted by Crippen LogP contribution is -2.17. The van der Waals surface area contributed by atoms with Gasteiger partial charge in [-0.3, -0.25) is 0 Å². The van der Waals surface area contributed by atoms with Crippen LogP contribution >= 0.6 is 11.6 Å². The van der Waals surface area contributed by atoms with Crippen LogP contribution in [0.25, 0.3) is 11.1 Å². The van der Waals surface area contributed by atoms with Crippen LogP contribution < -0.4 is 5.32 Å². The van der Waals surface area contributed by atoms with E-state index in [2.05, 4.69) is 5.32 Å². The smallest absolute Gasteiger partial charge is 0.195 e. The average Bonchev–Trinajstić information content (AvgIpc) is 2.45. The molecule has 0 aliphatic rings. The van der Waals surface area contributed by atoms with Gasteiger partial charge in [-0.15, -0.1) is 0 Å². The number of halogens is 4. The maximum absolute atomic E-state index is 13.8. The fraction of sp³-hybridized carbons (Fsp3) is 0.250. The van der Waals surface area contributed by atoms with E-state index in [0.717, 1.165) is 18.2 Å². The maximum Gasteiger partial charge on any atom is 0.195 e. The minimum absolute atomic E-state index is 0.0153. The van der Waals surface area contributed by atoms with E-state index in [1.807, 2.05) is 13.8 Å². The molecule has 2 aromatic rings. The third-order valence-electron chi connectivity index (χ3n) is 3.32. The molecule has 1 nitrogen and oxygen atoms in total. The van der Waals surface area contributed by atoms with E-state index >= 15 is 0 Å². The van der Waals surface area contributed by atoms with Gasteiger partial charge < -0.3 is 5.32 Å². The summed E-state index contributed by atoms with van der Waals surface area (Å²) in [6.07, 6.45) is 0. The molecule has 0 radical (unpaired) electrons. The van der Waals surface area contributed by atoms with Crippen molar-refractivity contribution in [2.24, 2.45) is 0 Å². The van der Waals surface area contributed by atoms with Crippen molar-refractivity contribution in [3.8, 4) is 11.1 Å². The Hall–Kier alpha value is -1.52. The second kappa shape index (κ2) is 6.50. The first kappa shape index (κ1) is 15.9. The summed E-state index contributed by atoms with van der Waals surface area (Å²) < 4.78 is 40.0. The molecule has 1 atom stereocenters. The topological polar surface area (TPSA) is 12.0 Å². The van der Waals surface area contributed by atoms with E-state index in [0.29, 0.717) is 10.6 Å². The molecule has 112 valence electrons. The molecule has 0 spiro atoms. The molecule has 0 saturated heterocycles. The molecule has 0 bridgehead atoms. The molecule has 2 rings (SSSR count). The van der Waals surface area contributed by atoms with Crippen LogP contribution in [0.1, 0.15) is 25.5 Å². The van der Waals surface area contributed by atoms with Crippen molar-refractivity contribution in [3.63, 3.8) is 0 Å². The maximum atomic E-state index is 13.8. The van der Waals surface area contributed by atoms with Crippen LogP contribution in [-0.4, -0.2) is 6.54 Å². The van der Waals surface area contributed by atoms with E-state index in [1.165, 1.54) is 6.07 Å². The van der Waals surface area contributed by atoms with Crippen molar-refractivity contribution in [2.45, 2.75) is 19.9 Å². The number of rotatable bonds is 4. The molecule has 0 fully saturated rings. The van der Waals surface area contributed by atoms with E-state index in [9.17, 15) is 13.2 Å². The predicted molar refractivity (Wildman–Crippen MR) is 78.9 cm³/mol. The Kier molecular flexibility index (Phi) is 4.91. The summed E-state index contributed by atoms with van der Waals surface area (Å²) in [4.78, 5) is 0. The quantitative estimate of drug-likeness (QED) is 0.775. The lowest BCUT2D eigenvalue weighted by Gasteiger charge is -2.15. The van der Waals surface area contributed by atoms with Crippen LogP contribution in [0.2, 0.25) is 5.02 Å². The molecular formula is C16H15ClF3N. The Morgan fingerprint density at radius 2 is 1.81 bits per heavy atom. The second-order valence-corrected chi connectivity index (χ2v) is 5.15. The van der Waals surface area contributed by atoms with Gasteiger partial charge >= 0.3 is 0 Å². The van der Waals surface area contributed by atoms with Crippen LogP contribution in [0.5, 0.6) is 0 Å². The normalized spacial score (nSPS) is 12.5. The number of hydrogen-bond donors (Lipinski definition) is 1. The Morgan fingerprint density at radius 1 is 1.10 bits per heavy atom. The largest absolute Gasteiger partial charge is 0.310 e. The first-order valence-electron chi connectivity index (χ1n) is 6.62. The highest BCUT2D eigenvalue weighted by atomic mass is 35.5. The molecule has 2 aromatic carbocycles. The minimum atomic E-state index is -1.48. The molecule has 5 heteroatoms. The van der Waals surface area contributed by atoms with Crippen molar-refractivity contribution < 1.29 is 13.2 Å². The van der Waals surface area contributed by atoms with Gasteiger partial charge in [0.15, 0.2) is 17.5 Å². The highest BCUT2D eigenvalue weighted by Crippen LogP contribution is 2.31. The molecule has 0 aliphatic heterocycles. The van der Waals surface area contributed by atoms with E-state index in [4.69, 9.17) is 11.6 Å². The molecule has 0 saturated carbocycles. The summed E-state index contributed by atoms with van der Waals surface area (Å²) in [5.41, 5.74) is 1.26. The molecular weight excluding hydrogens is 299 g/mol. The third-order valence-corrected chi connectivity index (χ3v) is 3.65. The SMILES string of the molecule is CCNC(C)c1ccc(-c2ccc(F)c(F)c2F)cc1Cl. The molecule has 0 aromatic heterocycles. The third kappa shape index (κ3) is 3.22. The first-order valence-corrected chi connectivity index (χ1v) is 7.00. The van der Waals surface area contributed by atoms with Crippen molar-refractivity contribution in [2.75, 3.05) is 6.54 Å². The van der Waals surface area contributed by atoms with Gasteiger partial charge in [0.25, 0.3) is 0 Å². The lowest BCUT2D eigenvalue weighted by atomic mass is 10.0. The summed E-state index contributed by atoms with van der Waals surface area (Å²) in [6.45, 7) is 4.73. The van der Waals surface area contributed by atoms with Crippen molar-refractivity contribution >= 4 is 11.6 Å². The molecule has 0 heterocycles. The van der Waals surface area contributed by atoms with Crippen molar-refractivity contribution in [1.29, 1.82) is 0 Å². The van der Waals surface area contributed by atoms with Crippen LogP contribution in [0.15, 0.2) is 30.3 Å². The molecule has 0 aliphatic carbocycles. The van der Waals surface area contributed by atoms with Crippen LogP contribution in [0.4, 0.5) is 13.2 Å². The first-order chi connectivity index (χ1) is 9.95. The minimum Gasteiger partial charge on any atom is -0.310 e. The van der Waals surface area contributed by atoms with Crippen LogP contribution in [0.3, 0.4) is 0 Å². The van der Waals surface area contributed by atoms with Gasteiger partial charge in [0.05, 0.1) is 0 Å². The fourth-order valence-corrected chi connectivity index (χ4v) is 2.56. The van der Waals surface area contributed by atoms with Crippen LogP contribution in [-0.2, 0) is 0 Å². The Morgan fingerprint density at radius 3 is 2.43 bits per heavy atom. The van der Waals surface area contributed by atoms with Crippen molar-refractivity contribution in [3.05, 3.63) is 58.4 Å².